The highest BCUT2D eigenvalue weighted by Crippen LogP contribution is 2.36. The van der Waals surface area contributed by atoms with Crippen LogP contribution in [0.2, 0.25) is 0 Å². The van der Waals surface area contributed by atoms with Crippen molar-refractivity contribution in [3.8, 4) is 5.75 Å². The monoisotopic (exact) mass is 261 g/mol. The number of nitrogens with one attached hydrogen (secondary N) is 1. The van der Waals surface area contributed by atoms with Crippen LogP contribution in [-0.4, -0.2) is 12.6 Å². The molecule has 2 nitrogen and oxygen atoms in total. The fourth-order valence-electron chi connectivity index (χ4n) is 2.92. The van der Waals surface area contributed by atoms with Crippen molar-refractivity contribution in [2.24, 2.45) is 0 Å². The van der Waals surface area contributed by atoms with Crippen molar-refractivity contribution in [3.05, 3.63) is 29.3 Å². The minimum absolute atomic E-state index is 0.0433. The van der Waals surface area contributed by atoms with Crippen LogP contribution in [0.15, 0.2) is 18.2 Å². The molecule has 2 heteroatoms. The van der Waals surface area contributed by atoms with Gasteiger partial charge >= 0.3 is 0 Å². The summed E-state index contributed by atoms with van der Waals surface area (Å²) in [6.45, 7) is 6.57. The third-order valence-corrected chi connectivity index (χ3v) is 3.93. The predicted molar refractivity (Wildman–Crippen MR) is 80.8 cm³/mol. The minimum atomic E-state index is -0.0433. The maximum absolute atomic E-state index is 5.94. The SMILES string of the molecule is CCCCCC(NC)c1ccc2c(c1)CC(C)(C)O2. The van der Waals surface area contributed by atoms with Crippen molar-refractivity contribution in [1.82, 2.24) is 5.32 Å². The Hall–Kier alpha value is -1.02. The summed E-state index contributed by atoms with van der Waals surface area (Å²) in [4.78, 5) is 0. The molecule has 2 rings (SSSR count). The molecule has 0 aliphatic carbocycles. The van der Waals surface area contributed by atoms with Gasteiger partial charge in [0.15, 0.2) is 0 Å². The van der Waals surface area contributed by atoms with Gasteiger partial charge in [0.25, 0.3) is 0 Å². The van der Waals surface area contributed by atoms with E-state index in [0.717, 1.165) is 12.2 Å². The Morgan fingerprint density at radius 2 is 2.11 bits per heavy atom. The van der Waals surface area contributed by atoms with Crippen LogP contribution in [0, 0.1) is 0 Å². The number of ether oxygens (including phenoxy) is 1. The van der Waals surface area contributed by atoms with Crippen molar-refractivity contribution in [3.63, 3.8) is 0 Å². The summed E-state index contributed by atoms with van der Waals surface area (Å²) in [7, 11) is 2.06. The average molecular weight is 261 g/mol. The standard InChI is InChI=1S/C17H27NO/c1-5-6-7-8-15(18-4)13-9-10-16-14(11-13)12-17(2,3)19-16/h9-11,15,18H,5-8,12H2,1-4H3. The number of rotatable bonds is 6. The second-order valence-corrected chi connectivity index (χ2v) is 6.24. The van der Waals surface area contributed by atoms with Crippen LogP contribution in [0.25, 0.3) is 0 Å². The van der Waals surface area contributed by atoms with Gasteiger partial charge in [-0.3, -0.25) is 0 Å². The van der Waals surface area contributed by atoms with Gasteiger partial charge in [0, 0.05) is 12.5 Å². The first kappa shape index (κ1) is 14.4. The summed E-state index contributed by atoms with van der Waals surface area (Å²) >= 11 is 0. The summed E-state index contributed by atoms with van der Waals surface area (Å²) in [5.41, 5.74) is 2.72. The molecule has 0 saturated carbocycles. The quantitative estimate of drug-likeness (QED) is 0.773. The molecule has 106 valence electrons. The van der Waals surface area contributed by atoms with E-state index in [1.54, 1.807) is 0 Å². The van der Waals surface area contributed by atoms with Crippen molar-refractivity contribution < 1.29 is 4.74 Å². The topological polar surface area (TPSA) is 21.3 Å². The Kier molecular flexibility index (Phi) is 4.51. The van der Waals surface area contributed by atoms with Crippen LogP contribution in [-0.2, 0) is 6.42 Å². The smallest absolute Gasteiger partial charge is 0.123 e. The number of unbranched alkanes of at least 4 members (excludes halogenated alkanes) is 2. The summed E-state index contributed by atoms with van der Waals surface area (Å²) in [6.07, 6.45) is 6.12. The van der Waals surface area contributed by atoms with Gasteiger partial charge in [0.2, 0.25) is 0 Å². The lowest BCUT2D eigenvalue weighted by molar-refractivity contribution is 0.138. The van der Waals surface area contributed by atoms with Crippen molar-refractivity contribution in [1.29, 1.82) is 0 Å². The first-order valence-electron chi connectivity index (χ1n) is 7.55. The van der Waals surface area contributed by atoms with Gasteiger partial charge in [-0.2, -0.15) is 0 Å². The van der Waals surface area contributed by atoms with Crippen LogP contribution >= 0.6 is 0 Å². The largest absolute Gasteiger partial charge is 0.487 e. The Balaban J connectivity index is 2.09. The van der Waals surface area contributed by atoms with E-state index in [2.05, 4.69) is 51.3 Å². The Bertz CT molecular complexity index is 425. The predicted octanol–water partition coefficient (Wildman–Crippen LogP) is 4.24. The summed E-state index contributed by atoms with van der Waals surface area (Å²) in [6, 6.07) is 7.16. The van der Waals surface area contributed by atoms with E-state index in [1.807, 2.05) is 0 Å². The van der Waals surface area contributed by atoms with Gasteiger partial charge in [0.1, 0.15) is 11.4 Å². The maximum atomic E-state index is 5.94. The first-order chi connectivity index (χ1) is 9.05. The summed E-state index contributed by atoms with van der Waals surface area (Å²) in [5.74, 6) is 1.07. The zero-order chi connectivity index (χ0) is 13.9. The van der Waals surface area contributed by atoms with E-state index in [1.165, 1.54) is 36.8 Å². The Morgan fingerprint density at radius 1 is 1.32 bits per heavy atom. The van der Waals surface area contributed by atoms with Crippen LogP contribution < -0.4 is 10.1 Å². The highest BCUT2D eigenvalue weighted by Gasteiger charge is 2.30. The molecule has 0 amide bonds. The molecule has 1 aromatic rings. The lowest BCUT2D eigenvalue weighted by atomic mass is 9.95. The minimum Gasteiger partial charge on any atom is -0.487 e. The number of hydrogen-bond acceptors (Lipinski definition) is 2. The summed E-state index contributed by atoms with van der Waals surface area (Å²) < 4.78 is 5.94. The molecule has 0 bridgehead atoms. The molecular weight excluding hydrogens is 234 g/mol. The molecular formula is C17H27NO. The Morgan fingerprint density at radius 3 is 2.79 bits per heavy atom. The fourth-order valence-corrected chi connectivity index (χ4v) is 2.92. The van der Waals surface area contributed by atoms with Gasteiger partial charge in [-0.25, -0.2) is 0 Å². The molecule has 1 heterocycles. The van der Waals surface area contributed by atoms with Crippen LogP contribution in [0.1, 0.15) is 63.6 Å². The maximum Gasteiger partial charge on any atom is 0.123 e. The van der Waals surface area contributed by atoms with Crippen molar-refractivity contribution in [2.45, 2.75) is 64.5 Å². The van der Waals surface area contributed by atoms with E-state index < -0.39 is 0 Å². The van der Waals surface area contributed by atoms with E-state index >= 15 is 0 Å². The van der Waals surface area contributed by atoms with E-state index in [-0.39, 0.29) is 5.60 Å². The Labute approximate surface area is 117 Å². The lowest BCUT2D eigenvalue weighted by Gasteiger charge is -2.17. The average Bonchev–Trinajstić information content (AvgIpc) is 2.67. The fraction of sp³-hybridized carbons (Fsp3) is 0.647. The third-order valence-electron chi connectivity index (χ3n) is 3.93. The van der Waals surface area contributed by atoms with Crippen LogP contribution in [0.4, 0.5) is 0 Å². The van der Waals surface area contributed by atoms with Crippen molar-refractivity contribution in [2.75, 3.05) is 7.05 Å². The molecule has 1 N–H and O–H groups in total. The third kappa shape index (κ3) is 3.50. The van der Waals surface area contributed by atoms with Gasteiger partial charge in [-0.1, -0.05) is 38.3 Å². The zero-order valence-corrected chi connectivity index (χ0v) is 12.8. The van der Waals surface area contributed by atoms with Crippen LogP contribution in [0.5, 0.6) is 5.75 Å². The van der Waals surface area contributed by atoms with E-state index in [4.69, 9.17) is 4.74 Å². The molecule has 1 aliphatic rings. The van der Waals surface area contributed by atoms with Gasteiger partial charge in [0.05, 0.1) is 0 Å². The first-order valence-corrected chi connectivity index (χ1v) is 7.55. The van der Waals surface area contributed by atoms with Crippen molar-refractivity contribution >= 4 is 0 Å². The highest BCUT2D eigenvalue weighted by molar-refractivity contribution is 5.42. The zero-order valence-electron chi connectivity index (χ0n) is 12.8. The molecule has 1 aromatic carbocycles. The molecule has 1 aliphatic heterocycles. The second-order valence-electron chi connectivity index (χ2n) is 6.24. The van der Waals surface area contributed by atoms with Gasteiger partial charge < -0.3 is 10.1 Å². The van der Waals surface area contributed by atoms with Crippen LogP contribution in [0.3, 0.4) is 0 Å². The molecule has 19 heavy (non-hydrogen) atoms. The van der Waals surface area contributed by atoms with E-state index in [9.17, 15) is 0 Å². The lowest BCUT2D eigenvalue weighted by Crippen LogP contribution is -2.24. The number of benzene rings is 1. The summed E-state index contributed by atoms with van der Waals surface area (Å²) in [5, 5.41) is 3.45. The second kappa shape index (κ2) is 5.96. The molecule has 0 fully saturated rings. The van der Waals surface area contributed by atoms with Gasteiger partial charge in [-0.15, -0.1) is 0 Å². The number of fused-ring (bicyclic) bond motifs is 1. The molecule has 0 saturated heterocycles. The normalized spacial score (nSPS) is 17.9. The van der Waals surface area contributed by atoms with E-state index in [0.29, 0.717) is 6.04 Å². The molecule has 0 radical (unpaired) electrons. The molecule has 1 unspecified atom stereocenters. The molecule has 0 spiro atoms. The molecule has 0 aromatic heterocycles. The number of hydrogen-bond donors (Lipinski definition) is 1. The molecule has 1 atom stereocenters. The highest BCUT2D eigenvalue weighted by atomic mass is 16.5. The van der Waals surface area contributed by atoms with Gasteiger partial charge in [-0.05, 0) is 44.5 Å².